The normalized spacial score (nSPS) is 10.4. The molecule has 0 aliphatic heterocycles. The molecule has 1 aromatic rings. The van der Waals surface area contributed by atoms with E-state index in [0.29, 0.717) is 19.6 Å². The van der Waals surface area contributed by atoms with Crippen LogP contribution >= 0.6 is 0 Å². The highest BCUT2D eigenvalue weighted by Crippen LogP contribution is 2.17. The molecule has 1 amide bonds. The Bertz CT molecular complexity index is 418. The van der Waals surface area contributed by atoms with Gasteiger partial charge >= 0.3 is 0 Å². The SMILES string of the molecule is C=CCNC(=O)CN(CCC)Cc1ccccc1O. The Labute approximate surface area is 114 Å². The van der Waals surface area contributed by atoms with Gasteiger partial charge in [0.1, 0.15) is 5.75 Å². The lowest BCUT2D eigenvalue weighted by Crippen LogP contribution is -2.37. The summed E-state index contributed by atoms with van der Waals surface area (Å²) in [5, 5.41) is 12.5. The van der Waals surface area contributed by atoms with Crippen LogP contribution in [0.4, 0.5) is 0 Å². The zero-order valence-electron chi connectivity index (χ0n) is 11.4. The second-order valence-corrected chi connectivity index (χ2v) is 4.43. The van der Waals surface area contributed by atoms with Gasteiger partial charge in [0, 0.05) is 18.7 Å². The van der Waals surface area contributed by atoms with Gasteiger partial charge in [0.05, 0.1) is 6.54 Å². The smallest absolute Gasteiger partial charge is 0.234 e. The van der Waals surface area contributed by atoms with E-state index in [-0.39, 0.29) is 11.7 Å². The molecule has 4 nitrogen and oxygen atoms in total. The van der Waals surface area contributed by atoms with Crippen molar-refractivity contribution >= 4 is 5.91 Å². The highest BCUT2D eigenvalue weighted by molar-refractivity contribution is 5.78. The van der Waals surface area contributed by atoms with Crippen LogP contribution in [-0.4, -0.2) is 35.5 Å². The Balaban J connectivity index is 2.60. The molecule has 0 saturated carbocycles. The summed E-state index contributed by atoms with van der Waals surface area (Å²) in [5.74, 6) is 0.249. The highest BCUT2D eigenvalue weighted by Gasteiger charge is 2.11. The van der Waals surface area contributed by atoms with Gasteiger partial charge in [-0.1, -0.05) is 31.2 Å². The van der Waals surface area contributed by atoms with E-state index in [1.807, 2.05) is 17.0 Å². The minimum atomic E-state index is -0.0243. The van der Waals surface area contributed by atoms with Crippen LogP contribution in [0, 0.1) is 0 Å². The predicted molar refractivity (Wildman–Crippen MR) is 76.9 cm³/mol. The van der Waals surface area contributed by atoms with Crippen molar-refractivity contribution in [1.29, 1.82) is 0 Å². The standard InChI is InChI=1S/C15H22N2O2/c1-3-9-16-15(19)12-17(10-4-2)11-13-7-5-6-8-14(13)18/h3,5-8,18H,1,4,9-12H2,2H3,(H,16,19). The monoisotopic (exact) mass is 262 g/mol. The van der Waals surface area contributed by atoms with Gasteiger partial charge in [-0.05, 0) is 19.0 Å². The summed E-state index contributed by atoms with van der Waals surface area (Å²) in [7, 11) is 0. The molecule has 104 valence electrons. The number of para-hydroxylation sites is 1. The average molecular weight is 262 g/mol. The van der Waals surface area contributed by atoms with Gasteiger partial charge in [-0.15, -0.1) is 6.58 Å². The number of carbonyl (C=O) groups is 1. The molecule has 0 atom stereocenters. The molecular formula is C15H22N2O2. The number of amides is 1. The van der Waals surface area contributed by atoms with E-state index in [1.54, 1.807) is 18.2 Å². The van der Waals surface area contributed by atoms with Crippen molar-refractivity contribution in [3.05, 3.63) is 42.5 Å². The maximum Gasteiger partial charge on any atom is 0.234 e. The quantitative estimate of drug-likeness (QED) is 0.704. The van der Waals surface area contributed by atoms with Crippen LogP contribution in [0.25, 0.3) is 0 Å². The number of phenols is 1. The van der Waals surface area contributed by atoms with Gasteiger partial charge in [-0.3, -0.25) is 9.69 Å². The fourth-order valence-corrected chi connectivity index (χ4v) is 1.86. The lowest BCUT2D eigenvalue weighted by atomic mass is 10.2. The maximum atomic E-state index is 11.7. The second kappa shape index (κ2) is 8.32. The first kappa shape index (κ1) is 15.2. The zero-order valence-corrected chi connectivity index (χ0v) is 11.4. The minimum Gasteiger partial charge on any atom is -0.508 e. The van der Waals surface area contributed by atoms with E-state index < -0.39 is 0 Å². The Kier molecular flexibility index (Phi) is 6.68. The van der Waals surface area contributed by atoms with E-state index >= 15 is 0 Å². The third-order valence-electron chi connectivity index (χ3n) is 2.74. The fourth-order valence-electron chi connectivity index (χ4n) is 1.86. The molecule has 0 heterocycles. The first-order chi connectivity index (χ1) is 9.17. The van der Waals surface area contributed by atoms with Gasteiger partial charge in [-0.25, -0.2) is 0 Å². The summed E-state index contributed by atoms with van der Waals surface area (Å²) in [6.07, 6.45) is 2.62. The van der Waals surface area contributed by atoms with Crippen molar-refractivity contribution in [2.75, 3.05) is 19.6 Å². The predicted octanol–water partition coefficient (Wildman–Crippen LogP) is 1.91. The lowest BCUT2D eigenvalue weighted by Gasteiger charge is -2.21. The molecule has 0 unspecified atom stereocenters. The van der Waals surface area contributed by atoms with Crippen molar-refractivity contribution in [3.63, 3.8) is 0 Å². The van der Waals surface area contributed by atoms with Crippen LogP contribution in [0.3, 0.4) is 0 Å². The topological polar surface area (TPSA) is 52.6 Å². The Hall–Kier alpha value is -1.81. The highest BCUT2D eigenvalue weighted by atomic mass is 16.3. The van der Waals surface area contributed by atoms with Crippen LogP contribution < -0.4 is 5.32 Å². The molecule has 4 heteroatoms. The van der Waals surface area contributed by atoms with Gasteiger partial charge in [0.15, 0.2) is 0 Å². The largest absolute Gasteiger partial charge is 0.508 e. The first-order valence-corrected chi connectivity index (χ1v) is 6.54. The van der Waals surface area contributed by atoms with E-state index in [9.17, 15) is 9.90 Å². The molecule has 0 aliphatic carbocycles. The molecule has 0 aliphatic rings. The lowest BCUT2D eigenvalue weighted by molar-refractivity contribution is -0.122. The summed E-state index contributed by atoms with van der Waals surface area (Å²) in [4.78, 5) is 13.7. The Morgan fingerprint density at radius 2 is 2.21 bits per heavy atom. The molecule has 1 aromatic carbocycles. The molecule has 0 spiro atoms. The molecule has 2 N–H and O–H groups in total. The summed E-state index contributed by atoms with van der Waals surface area (Å²) < 4.78 is 0. The number of rotatable bonds is 8. The number of benzene rings is 1. The van der Waals surface area contributed by atoms with Gasteiger partial charge < -0.3 is 10.4 Å². The van der Waals surface area contributed by atoms with Gasteiger partial charge in [0.25, 0.3) is 0 Å². The van der Waals surface area contributed by atoms with Crippen molar-refractivity contribution < 1.29 is 9.90 Å². The first-order valence-electron chi connectivity index (χ1n) is 6.54. The van der Waals surface area contributed by atoms with Crippen LogP contribution in [0.5, 0.6) is 5.75 Å². The Morgan fingerprint density at radius 1 is 1.47 bits per heavy atom. The molecule has 0 aromatic heterocycles. The molecule has 0 bridgehead atoms. The zero-order chi connectivity index (χ0) is 14.1. The molecule has 0 saturated heterocycles. The Morgan fingerprint density at radius 3 is 2.84 bits per heavy atom. The van der Waals surface area contributed by atoms with Crippen LogP contribution in [0.1, 0.15) is 18.9 Å². The van der Waals surface area contributed by atoms with Crippen molar-refractivity contribution in [2.24, 2.45) is 0 Å². The number of aromatic hydroxyl groups is 1. The van der Waals surface area contributed by atoms with E-state index in [2.05, 4.69) is 18.8 Å². The number of phenolic OH excluding ortho intramolecular Hbond substituents is 1. The van der Waals surface area contributed by atoms with Crippen LogP contribution in [-0.2, 0) is 11.3 Å². The number of hydrogen-bond acceptors (Lipinski definition) is 3. The number of hydrogen-bond donors (Lipinski definition) is 2. The van der Waals surface area contributed by atoms with E-state index in [0.717, 1.165) is 18.5 Å². The van der Waals surface area contributed by atoms with E-state index in [4.69, 9.17) is 0 Å². The average Bonchev–Trinajstić information content (AvgIpc) is 2.39. The molecule has 0 fully saturated rings. The minimum absolute atomic E-state index is 0.0243. The summed E-state index contributed by atoms with van der Waals surface area (Å²) >= 11 is 0. The van der Waals surface area contributed by atoms with Gasteiger partial charge in [0.2, 0.25) is 5.91 Å². The van der Waals surface area contributed by atoms with Gasteiger partial charge in [-0.2, -0.15) is 0 Å². The second-order valence-electron chi connectivity index (χ2n) is 4.43. The summed E-state index contributed by atoms with van der Waals surface area (Å²) in [6, 6.07) is 7.22. The molecule has 0 radical (unpaired) electrons. The number of nitrogens with zero attached hydrogens (tertiary/aromatic N) is 1. The molecule has 1 rings (SSSR count). The number of carbonyl (C=O) groups excluding carboxylic acids is 1. The van der Waals surface area contributed by atoms with Crippen molar-refractivity contribution in [2.45, 2.75) is 19.9 Å². The summed E-state index contributed by atoms with van der Waals surface area (Å²) in [5.41, 5.74) is 0.840. The fraction of sp³-hybridized carbons (Fsp3) is 0.400. The molecular weight excluding hydrogens is 240 g/mol. The van der Waals surface area contributed by atoms with Crippen molar-refractivity contribution in [3.8, 4) is 5.75 Å². The van der Waals surface area contributed by atoms with Crippen molar-refractivity contribution in [1.82, 2.24) is 10.2 Å². The summed E-state index contributed by atoms with van der Waals surface area (Å²) in [6.45, 7) is 7.83. The van der Waals surface area contributed by atoms with Crippen LogP contribution in [0.15, 0.2) is 36.9 Å². The van der Waals surface area contributed by atoms with Crippen LogP contribution in [0.2, 0.25) is 0 Å². The number of nitrogens with one attached hydrogen (secondary N) is 1. The third kappa shape index (κ3) is 5.57. The maximum absolute atomic E-state index is 11.7. The van der Waals surface area contributed by atoms with E-state index in [1.165, 1.54) is 0 Å². The molecule has 19 heavy (non-hydrogen) atoms. The third-order valence-corrected chi connectivity index (χ3v) is 2.74.